The molecule has 0 saturated heterocycles. The van der Waals surface area contributed by atoms with Crippen LogP contribution in [-0.2, 0) is 11.3 Å². The largest absolute Gasteiger partial charge is 0.350 e. The van der Waals surface area contributed by atoms with Gasteiger partial charge in [-0.15, -0.1) is 0 Å². The maximum atomic E-state index is 12.1. The van der Waals surface area contributed by atoms with E-state index in [1.807, 2.05) is 24.3 Å². The van der Waals surface area contributed by atoms with E-state index < -0.39 is 6.04 Å². The molecule has 6 heteroatoms. The zero-order valence-electron chi connectivity index (χ0n) is 11.8. The molecule has 108 valence electrons. The third-order valence-electron chi connectivity index (χ3n) is 3.01. The Kier molecular flexibility index (Phi) is 5.07. The number of aromatic nitrogens is 3. The molecule has 0 spiro atoms. The Morgan fingerprint density at radius 3 is 3.00 bits per heavy atom. The van der Waals surface area contributed by atoms with Gasteiger partial charge in [0.25, 0.3) is 0 Å². The van der Waals surface area contributed by atoms with Crippen molar-refractivity contribution >= 4 is 5.91 Å². The lowest BCUT2D eigenvalue weighted by atomic mass is 10.1. The van der Waals surface area contributed by atoms with Gasteiger partial charge in [-0.1, -0.05) is 30.0 Å². The standard InChI is InChI=1S/C15H17N5O/c1-12(20-11-17-10-19-20)15(21)18-9-14-6-3-2-5-13(14)7-4-8-16/h2-3,5-6,10-12H,8-9,16H2,1H3,(H,18,21). The van der Waals surface area contributed by atoms with Crippen molar-refractivity contribution in [2.24, 2.45) is 5.73 Å². The number of benzene rings is 1. The lowest BCUT2D eigenvalue weighted by molar-refractivity contribution is -0.124. The molecule has 3 N–H and O–H groups in total. The number of nitrogens with zero attached hydrogens (tertiary/aromatic N) is 3. The van der Waals surface area contributed by atoms with Crippen LogP contribution in [0.3, 0.4) is 0 Å². The van der Waals surface area contributed by atoms with Crippen molar-refractivity contribution in [2.45, 2.75) is 19.5 Å². The van der Waals surface area contributed by atoms with Crippen LogP contribution in [0.1, 0.15) is 24.1 Å². The molecule has 0 bridgehead atoms. The minimum Gasteiger partial charge on any atom is -0.350 e. The molecule has 1 amide bonds. The van der Waals surface area contributed by atoms with Gasteiger partial charge in [0.2, 0.25) is 5.91 Å². The number of amides is 1. The third-order valence-corrected chi connectivity index (χ3v) is 3.01. The fourth-order valence-electron chi connectivity index (χ4n) is 1.81. The maximum Gasteiger partial charge on any atom is 0.244 e. The molecule has 1 atom stereocenters. The van der Waals surface area contributed by atoms with Crippen molar-refractivity contribution in [3.05, 3.63) is 48.0 Å². The molecular weight excluding hydrogens is 266 g/mol. The second-order valence-corrected chi connectivity index (χ2v) is 4.43. The first-order chi connectivity index (χ1) is 10.2. The van der Waals surface area contributed by atoms with Crippen LogP contribution in [0.25, 0.3) is 0 Å². The Morgan fingerprint density at radius 2 is 2.29 bits per heavy atom. The molecule has 0 fully saturated rings. The van der Waals surface area contributed by atoms with Crippen LogP contribution in [0.2, 0.25) is 0 Å². The van der Waals surface area contributed by atoms with E-state index in [1.54, 1.807) is 6.92 Å². The zero-order valence-corrected chi connectivity index (χ0v) is 11.8. The molecule has 0 aliphatic carbocycles. The van der Waals surface area contributed by atoms with Crippen molar-refractivity contribution in [3.63, 3.8) is 0 Å². The molecule has 2 rings (SSSR count). The highest BCUT2D eigenvalue weighted by atomic mass is 16.2. The average Bonchev–Trinajstić information content (AvgIpc) is 3.05. The highest BCUT2D eigenvalue weighted by Crippen LogP contribution is 2.08. The van der Waals surface area contributed by atoms with E-state index in [-0.39, 0.29) is 5.91 Å². The van der Waals surface area contributed by atoms with Crippen LogP contribution in [0.4, 0.5) is 0 Å². The summed E-state index contributed by atoms with van der Waals surface area (Å²) in [6.07, 6.45) is 2.92. The van der Waals surface area contributed by atoms with Crippen LogP contribution in [-0.4, -0.2) is 27.2 Å². The number of nitrogens with two attached hydrogens (primary N) is 1. The van der Waals surface area contributed by atoms with Crippen LogP contribution in [0.5, 0.6) is 0 Å². The van der Waals surface area contributed by atoms with E-state index in [9.17, 15) is 4.79 Å². The Balaban J connectivity index is 2.01. The summed E-state index contributed by atoms with van der Waals surface area (Å²) < 4.78 is 1.51. The number of hydrogen-bond donors (Lipinski definition) is 2. The minimum absolute atomic E-state index is 0.123. The summed E-state index contributed by atoms with van der Waals surface area (Å²) in [5, 5.41) is 6.84. The molecule has 2 aromatic rings. The number of carbonyl (C=O) groups is 1. The Hall–Kier alpha value is -2.65. The molecule has 1 aromatic carbocycles. The predicted molar refractivity (Wildman–Crippen MR) is 79.0 cm³/mol. The zero-order chi connectivity index (χ0) is 15.1. The molecule has 0 saturated carbocycles. The first-order valence-corrected chi connectivity index (χ1v) is 6.61. The smallest absolute Gasteiger partial charge is 0.244 e. The van der Waals surface area contributed by atoms with Gasteiger partial charge in [-0.2, -0.15) is 5.10 Å². The van der Waals surface area contributed by atoms with E-state index in [0.717, 1.165) is 11.1 Å². The topological polar surface area (TPSA) is 85.8 Å². The average molecular weight is 283 g/mol. The lowest BCUT2D eigenvalue weighted by Crippen LogP contribution is -2.31. The van der Waals surface area contributed by atoms with Gasteiger partial charge in [-0.05, 0) is 18.6 Å². The molecule has 6 nitrogen and oxygen atoms in total. The molecule has 0 radical (unpaired) electrons. The predicted octanol–water partition coefficient (Wildman–Crippen LogP) is 0.466. The number of nitrogens with one attached hydrogen (secondary N) is 1. The van der Waals surface area contributed by atoms with E-state index in [4.69, 9.17) is 5.73 Å². The summed E-state index contributed by atoms with van der Waals surface area (Å²) in [6.45, 7) is 2.49. The minimum atomic E-state index is -0.408. The van der Waals surface area contributed by atoms with Gasteiger partial charge < -0.3 is 11.1 Å². The molecule has 0 aliphatic rings. The monoisotopic (exact) mass is 283 g/mol. The molecular formula is C15H17N5O. The summed E-state index contributed by atoms with van der Waals surface area (Å²) in [5.41, 5.74) is 7.21. The van der Waals surface area contributed by atoms with Gasteiger partial charge in [-0.25, -0.2) is 9.67 Å². The number of carbonyl (C=O) groups excluding carboxylic acids is 1. The van der Waals surface area contributed by atoms with Gasteiger partial charge in [0.15, 0.2) is 0 Å². The van der Waals surface area contributed by atoms with Crippen molar-refractivity contribution in [3.8, 4) is 11.8 Å². The number of hydrogen-bond acceptors (Lipinski definition) is 4. The van der Waals surface area contributed by atoms with Gasteiger partial charge >= 0.3 is 0 Å². The molecule has 0 aliphatic heterocycles. The van der Waals surface area contributed by atoms with Crippen LogP contribution >= 0.6 is 0 Å². The summed E-state index contributed by atoms with van der Waals surface area (Å²) in [5.74, 6) is 5.70. The van der Waals surface area contributed by atoms with E-state index in [1.165, 1.54) is 17.3 Å². The van der Waals surface area contributed by atoms with Crippen molar-refractivity contribution in [1.29, 1.82) is 0 Å². The van der Waals surface area contributed by atoms with Gasteiger partial charge in [0.1, 0.15) is 18.7 Å². The molecule has 21 heavy (non-hydrogen) atoms. The fraction of sp³-hybridized carbons (Fsp3) is 0.267. The van der Waals surface area contributed by atoms with Gasteiger partial charge in [0, 0.05) is 12.1 Å². The molecule has 1 unspecified atom stereocenters. The second-order valence-electron chi connectivity index (χ2n) is 4.43. The first-order valence-electron chi connectivity index (χ1n) is 6.61. The van der Waals surface area contributed by atoms with E-state index in [2.05, 4.69) is 27.2 Å². The summed E-state index contributed by atoms with van der Waals surface area (Å²) in [6, 6.07) is 7.25. The van der Waals surface area contributed by atoms with Crippen LogP contribution in [0.15, 0.2) is 36.9 Å². The van der Waals surface area contributed by atoms with Crippen molar-refractivity contribution < 1.29 is 4.79 Å². The van der Waals surface area contributed by atoms with Gasteiger partial charge in [0.05, 0.1) is 6.54 Å². The maximum absolute atomic E-state index is 12.1. The normalized spacial score (nSPS) is 11.3. The Labute approximate surface area is 123 Å². The van der Waals surface area contributed by atoms with Crippen molar-refractivity contribution in [1.82, 2.24) is 20.1 Å². The molecule has 1 heterocycles. The highest BCUT2D eigenvalue weighted by Gasteiger charge is 2.15. The SMILES string of the molecule is CC(C(=O)NCc1ccccc1C#CCN)n1cncn1. The Morgan fingerprint density at radius 1 is 1.48 bits per heavy atom. The molecule has 1 aromatic heterocycles. The quantitative estimate of drug-likeness (QED) is 0.798. The van der Waals surface area contributed by atoms with E-state index >= 15 is 0 Å². The summed E-state index contributed by atoms with van der Waals surface area (Å²) in [4.78, 5) is 15.9. The van der Waals surface area contributed by atoms with Crippen molar-refractivity contribution in [2.75, 3.05) is 6.54 Å². The second kappa shape index (κ2) is 7.22. The first kappa shape index (κ1) is 14.8. The fourth-order valence-corrected chi connectivity index (χ4v) is 1.81. The lowest BCUT2D eigenvalue weighted by Gasteiger charge is -2.12. The number of rotatable bonds is 4. The summed E-state index contributed by atoms with van der Waals surface area (Å²) in [7, 11) is 0. The third kappa shape index (κ3) is 3.91. The van der Waals surface area contributed by atoms with E-state index in [0.29, 0.717) is 13.1 Å². The van der Waals surface area contributed by atoms with Crippen LogP contribution in [0, 0.1) is 11.8 Å². The summed E-state index contributed by atoms with van der Waals surface area (Å²) >= 11 is 0. The Bertz CT molecular complexity index is 654. The highest BCUT2D eigenvalue weighted by molar-refractivity contribution is 5.79. The van der Waals surface area contributed by atoms with Gasteiger partial charge in [-0.3, -0.25) is 4.79 Å². The van der Waals surface area contributed by atoms with Crippen LogP contribution < -0.4 is 11.1 Å².